The van der Waals surface area contributed by atoms with Crippen LogP contribution in [0.5, 0.6) is 0 Å². The maximum absolute atomic E-state index is 8.42. The quantitative estimate of drug-likeness (QED) is 0.635. The predicted molar refractivity (Wildman–Crippen MR) is 47.5 cm³/mol. The van der Waals surface area contributed by atoms with Crippen LogP contribution in [-0.4, -0.2) is 9.97 Å². The molecule has 1 heterocycles. The van der Waals surface area contributed by atoms with Crippen molar-refractivity contribution in [2.45, 2.75) is 27.2 Å². The molecule has 0 spiro atoms. The average Bonchev–Trinajstić information content (AvgIpc) is 2.21. The molecule has 0 aromatic carbocycles. The van der Waals surface area contributed by atoms with E-state index in [1.165, 1.54) is 0 Å². The SMILES string of the molecule is CC.CCc1nccc(C#N)n1. The van der Waals surface area contributed by atoms with Gasteiger partial charge in [-0.15, -0.1) is 0 Å². The standard InChI is InChI=1S/C7H7N3.C2H6/c1-2-7-9-4-3-6(5-8)10-7;1-2/h3-4H,2H2,1H3;1-2H3. The third-order valence-corrected chi connectivity index (χ3v) is 1.14. The van der Waals surface area contributed by atoms with Gasteiger partial charge in [-0.25, -0.2) is 9.97 Å². The summed E-state index contributed by atoms with van der Waals surface area (Å²) in [5.41, 5.74) is 0.437. The van der Waals surface area contributed by atoms with E-state index in [9.17, 15) is 0 Å². The van der Waals surface area contributed by atoms with Crippen LogP contribution in [0.25, 0.3) is 0 Å². The second-order valence-electron chi connectivity index (χ2n) is 1.82. The number of nitriles is 1. The van der Waals surface area contributed by atoms with Crippen LogP contribution in [0.1, 0.15) is 32.3 Å². The second-order valence-corrected chi connectivity index (χ2v) is 1.82. The number of hydrogen-bond acceptors (Lipinski definition) is 3. The molecule has 0 saturated carbocycles. The van der Waals surface area contributed by atoms with Crippen LogP contribution >= 0.6 is 0 Å². The van der Waals surface area contributed by atoms with Gasteiger partial charge in [0, 0.05) is 12.6 Å². The first-order chi connectivity index (χ1) is 5.86. The van der Waals surface area contributed by atoms with Crippen LogP contribution in [0.4, 0.5) is 0 Å². The van der Waals surface area contributed by atoms with E-state index in [1.807, 2.05) is 26.8 Å². The fraction of sp³-hybridized carbons (Fsp3) is 0.444. The average molecular weight is 163 g/mol. The van der Waals surface area contributed by atoms with E-state index >= 15 is 0 Å². The van der Waals surface area contributed by atoms with Crippen LogP contribution in [0.3, 0.4) is 0 Å². The molecule has 1 aromatic heterocycles. The Kier molecular flexibility index (Phi) is 5.54. The van der Waals surface area contributed by atoms with E-state index < -0.39 is 0 Å². The van der Waals surface area contributed by atoms with Crippen molar-refractivity contribution in [1.82, 2.24) is 9.97 Å². The van der Waals surface area contributed by atoms with Crippen LogP contribution < -0.4 is 0 Å². The number of hydrogen-bond donors (Lipinski definition) is 0. The number of nitrogens with zero attached hydrogens (tertiary/aromatic N) is 3. The molecule has 0 radical (unpaired) electrons. The summed E-state index contributed by atoms with van der Waals surface area (Å²) in [5.74, 6) is 0.721. The van der Waals surface area contributed by atoms with E-state index in [0.29, 0.717) is 5.69 Å². The van der Waals surface area contributed by atoms with Gasteiger partial charge in [0.25, 0.3) is 0 Å². The summed E-state index contributed by atoms with van der Waals surface area (Å²) >= 11 is 0. The molecular formula is C9H13N3. The summed E-state index contributed by atoms with van der Waals surface area (Å²) in [6.45, 7) is 5.95. The van der Waals surface area contributed by atoms with Crippen molar-refractivity contribution in [3.63, 3.8) is 0 Å². The molecular weight excluding hydrogens is 150 g/mol. The van der Waals surface area contributed by atoms with Gasteiger partial charge < -0.3 is 0 Å². The van der Waals surface area contributed by atoms with Crippen molar-refractivity contribution in [1.29, 1.82) is 5.26 Å². The van der Waals surface area contributed by atoms with Gasteiger partial charge in [0.15, 0.2) is 0 Å². The number of aryl methyl sites for hydroxylation is 1. The molecule has 1 aromatic rings. The summed E-state index contributed by atoms with van der Waals surface area (Å²) in [4.78, 5) is 7.88. The van der Waals surface area contributed by atoms with Gasteiger partial charge in [-0.3, -0.25) is 0 Å². The molecule has 0 fully saturated rings. The van der Waals surface area contributed by atoms with Crippen molar-refractivity contribution in [2.24, 2.45) is 0 Å². The predicted octanol–water partition coefficient (Wildman–Crippen LogP) is 1.94. The normalized spacial score (nSPS) is 7.83. The van der Waals surface area contributed by atoms with Crippen LogP contribution in [0.2, 0.25) is 0 Å². The number of rotatable bonds is 1. The zero-order valence-corrected chi connectivity index (χ0v) is 7.70. The van der Waals surface area contributed by atoms with E-state index in [2.05, 4.69) is 9.97 Å². The Morgan fingerprint density at radius 3 is 2.67 bits per heavy atom. The molecule has 1 rings (SSSR count). The molecule has 0 bridgehead atoms. The minimum absolute atomic E-state index is 0.437. The minimum atomic E-state index is 0.437. The van der Waals surface area contributed by atoms with Gasteiger partial charge >= 0.3 is 0 Å². The Balaban J connectivity index is 0.000000561. The summed E-state index contributed by atoms with van der Waals surface area (Å²) in [5, 5.41) is 8.42. The minimum Gasteiger partial charge on any atom is -0.241 e. The van der Waals surface area contributed by atoms with Crippen LogP contribution in [0, 0.1) is 11.3 Å². The van der Waals surface area contributed by atoms with Crippen molar-refractivity contribution in [3.8, 4) is 6.07 Å². The Hall–Kier alpha value is -1.43. The molecule has 12 heavy (non-hydrogen) atoms. The summed E-state index contributed by atoms with van der Waals surface area (Å²) in [6.07, 6.45) is 2.37. The van der Waals surface area contributed by atoms with Gasteiger partial charge in [0.1, 0.15) is 17.6 Å². The molecule has 0 aliphatic heterocycles. The zero-order chi connectivity index (χ0) is 9.40. The van der Waals surface area contributed by atoms with E-state index in [4.69, 9.17) is 5.26 Å². The summed E-state index contributed by atoms with van der Waals surface area (Å²) in [6, 6.07) is 3.55. The first-order valence-corrected chi connectivity index (χ1v) is 4.09. The lowest BCUT2D eigenvalue weighted by Crippen LogP contribution is -1.93. The first-order valence-electron chi connectivity index (χ1n) is 4.09. The molecule has 64 valence electrons. The maximum Gasteiger partial charge on any atom is 0.144 e. The van der Waals surface area contributed by atoms with Gasteiger partial charge in [-0.2, -0.15) is 5.26 Å². The summed E-state index contributed by atoms with van der Waals surface area (Å²) < 4.78 is 0. The van der Waals surface area contributed by atoms with Crippen molar-refractivity contribution in [2.75, 3.05) is 0 Å². The van der Waals surface area contributed by atoms with Gasteiger partial charge in [-0.1, -0.05) is 20.8 Å². The lowest BCUT2D eigenvalue weighted by Gasteiger charge is -1.91. The Morgan fingerprint density at radius 2 is 2.17 bits per heavy atom. The highest BCUT2D eigenvalue weighted by Crippen LogP contribution is 1.93. The Labute approximate surface area is 73.1 Å². The van der Waals surface area contributed by atoms with Crippen molar-refractivity contribution < 1.29 is 0 Å². The third kappa shape index (κ3) is 3.11. The number of aromatic nitrogens is 2. The highest BCUT2D eigenvalue weighted by molar-refractivity contribution is 5.17. The zero-order valence-electron chi connectivity index (χ0n) is 7.70. The second kappa shape index (κ2) is 6.29. The van der Waals surface area contributed by atoms with Crippen molar-refractivity contribution >= 4 is 0 Å². The van der Waals surface area contributed by atoms with Crippen LogP contribution in [0.15, 0.2) is 12.3 Å². The summed E-state index contributed by atoms with van der Waals surface area (Å²) in [7, 11) is 0. The lowest BCUT2D eigenvalue weighted by atomic mass is 10.4. The molecule has 0 saturated heterocycles. The largest absolute Gasteiger partial charge is 0.241 e. The topological polar surface area (TPSA) is 49.6 Å². The van der Waals surface area contributed by atoms with Gasteiger partial charge in [-0.05, 0) is 6.07 Å². The van der Waals surface area contributed by atoms with Crippen molar-refractivity contribution in [3.05, 3.63) is 23.8 Å². The molecule has 0 unspecified atom stereocenters. The van der Waals surface area contributed by atoms with E-state index in [1.54, 1.807) is 12.3 Å². The Bertz CT molecular complexity index is 263. The molecule has 0 aliphatic rings. The fourth-order valence-electron chi connectivity index (χ4n) is 0.632. The molecule has 0 amide bonds. The Morgan fingerprint density at radius 1 is 1.50 bits per heavy atom. The lowest BCUT2D eigenvalue weighted by molar-refractivity contribution is 0.930. The molecule has 3 heteroatoms. The monoisotopic (exact) mass is 163 g/mol. The highest BCUT2D eigenvalue weighted by Gasteiger charge is 1.93. The first kappa shape index (κ1) is 10.6. The van der Waals surface area contributed by atoms with Crippen LogP contribution in [-0.2, 0) is 6.42 Å². The van der Waals surface area contributed by atoms with Gasteiger partial charge in [0.2, 0.25) is 0 Å². The molecule has 0 aliphatic carbocycles. The maximum atomic E-state index is 8.42. The smallest absolute Gasteiger partial charge is 0.144 e. The molecule has 3 nitrogen and oxygen atoms in total. The van der Waals surface area contributed by atoms with E-state index in [0.717, 1.165) is 12.2 Å². The molecule has 0 N–H and O–H groups in total. The fourth-order valence-corrected chi connectivity index (χ4v) is 0.632. The molecule has 0 atom stereocenters. The highest BCUT2D eigenvalue weighted by atomic mass is 14.9. The van der Waals surface area contributed by atoms with Gasteiger partial charge in [0.05, 0.1) is 0 Å². The van der Waals surface area contributed by atoms with E-state index in [-0.39, 0.29) is 0 Å². The third-order valence-electron chi connectivity index (χ3n) is 1.14.